The number of thioether (sulfide) groups is 1. The van der Waals surface area contributed by atoms with E-state index in [1.54, 1.807) is 17.8 Å². The number of para-hydroxylation sites is 2. The van der Waals surface area contributed by atoms with Gasteiger partial charge < -0.3 is 9.88 Å². The summed E-state index contributed by atoms with van der Waals surface area (Å²) in [5.41, 5.74) is 3.45. The highest BCUT2D eigenvalue weighted by Crippen LogP contribution is 2.39. The summed E-state index contributed by atoms with van der Waals surface area (Å²) in [7, 11) is 0. The number of amides is 1. The molecule has 2 heterocycles. The minimum atomic E-state index is -0.0842. The fraction of sp³-hybridized carbons (Fsp3) is 0.167. The molecule has 3 aromatic rings. The molecule has 0 bridgehead atoms. The molecule has 6 heteroatoms. The molecule has 0 spiro atoms. The monoisotopic (exact) mass is 334 g/mol. The molecule has 1 N–H and O–H groups in total. The van der Waals surface area contributed by atoms with Crippen molar-refractivity contribution in [3.63, 3.8) is 0 Å². The molecule has 24 heavy (non-hydrogen) atoms. The molecule has 1 unspecified atom stereocenters. The summed E-state index contributed by atoms with van der Waals surface area (Å²) in [5, 5.41) is 9.00. The molecule has 1 fully saturated rings. The summed E-state index contributed by atoms with van der Waals surface area (Å²) in [5.74, 6) is 1.31. The van der Waals surface area contributed by atoms with Gasteiger partial charge in [0, 0.05) is 0 Å². The number of rotatable bonds is 3. The number of hydrogen-bond donors (Lipinski definition) is 1. The molecule has 1 aromatic heterocycles. The van der Waals surface area contributed by atoms with E-state index in [2.05, 4.69) is 16.0 Å². The van der Waals surface area contributed by atoms with Crippen LogP contribution in [0.15, 0.2) is 48.5 Å². The van der Waals surface area contributed by atoms with Crippen molar-refractivity contribution < 1.29 is 4.79 Å². The van der Waals surface area contributed by atoms with Crippen LogP contribution in [0, 0.1) is 11.3 Å². The van der Waals surface area contributed by atoms with E-state index in [1.807, 2.05) is 47.4 Å². The fourth-order valence-corrected chi connectivity index (χ4v) is 4.08. The van der Waals surface area contributed by atoms with Crippen molar-refractivity contribution >= 4 is 28.7 Å². The van der Waals surface area contributed by atoms with Gasteiger partial charge >= 0.3 is 0 Å². The zero-order chi connectivity index (χ0) is 16.5. The van der Waals surface area contributed by atoms with Crippen LogP contribution in [-0.2, 0) is 11.3 Å². The van der Waals surface area contributed by atoms with Crippen LogP contribution in [0.1, 0.15) is 22.3 Å². The van der Waals surface area contributed by atoms with Crippen molar-refractivity contribution in [2.45, 2.75) is 11.9 Å². The molecule has 0 saturated carbocycles. The maximum absolute atomic E-state index is 12.3. The Labute approximate surface area is 143 Å². The second-order valence-corrected chi connectivity index (χ2v) is 6.69. The molecule has 1 aliphatic heterocycles. The second-order valence-electron chi connectivity index (χ2n) is 5.62. The van der Waals surface area contributed by atoms with Crippen LogP contribution in [0.2, 0.25) is 0 Å². The molecule has 1 aliphatic rings. The van der Waals surface area contributed by atoms with Gasteiger partial charge in [-0.05, 0) is 29.8 Å². The van der Waals surface area contributed by atoms with Crippen LogP contribution < -0.4 is 0 Å². The average Bonchev–Trinajstić information content (AvgIpc) is 3.19. The lowest BCUT2D eigenvalue weighted by Crippen LogP contribution is -2.28. The first kappa shape index (κ1) is 14.8. The third-order valence-electron chi connectivity index (χ3n) is 4.03. The first-order valence-corrected chi connectivity index (χ1v) is 8.64. The SMILES string of the molecule is N#Cc1cccc(C2SCC(=O)N2Cc2nc3ccccc3[nH]2)c1. The number of nitrogens with zero attached hydrogens (tertiary/aromatic N) is 3. The smallest absolute Gasteiger partial charge is 0.234 e. The summed E-state index contributed by atoms with van der Waals surface area (Å²) in [6.07, 6.45) is 0. The highest BCUT2D eigenvalue weighted by atomic mass is 32.2. The molecule has 2 aromatic carbocycles. The van der Waals surface area contributed by atoms with Crippen LogP contribution >= 0.6 is 11.8 Å². The van der Waals surface area contributed by atoms with E-state index >= 15 is 0 Å². The van der Waals surface area contributed by atoms with Crippen molar-refractivity contribution in [1.29, 1.82) is 5.26 Å². The Hall–Kier alpha value is -2.78. The number of fused-ring (bicyclic) bond motifs is 1. The first-order valence-electron chi connectivity index (χ1n) is 7.59. The van der Waals surface area contributed by atoms with Gasteiger partial charge in [-0.15, -0.1) is 11.8 Å². The van der Waals surface area contributed by atoms with Crippen molar-refractivity contribution in [1.82, 2.24) is 14.9 Å². The molecule has 1 amide bonds. The molecule has 0 aliphatic carbocycles. The lowest BCUT2D eigenvalue weighted by atomic mass is 10.1. The normalized spacial score (nSPS) is 17.4. The van der Waals surface area contributed by atoms with E-state index in [9.17, 15) is 4.79 Å². The summed E-state index contributed by atoms with van der Waals surface area (Å²) >= 11 is 1.58. The van der Waals surface area contributed by atoms with Gasteiger partial charge in [0.25, 0.3) is 0 Å². The Bertz CT molecular complexity index is 926. The highest BCUT2D eigenvalue weighted by Gasteiger charge is 2.33. The van der Waals surface area contributed by atoms with Crippen molar-refractivity contribution in [3.8, 4) is 6.07 Å². The lowest BCUT2D eigenvalue weighted by Gasteiger charge is -2.23. The fourth-order valence-electron chi connectivity index (χ4n) is 2.90. The maximum Gasteiger partial charge on any atom is 0.234 e. The summed E-state index contributed by atoms with van der Waals surface area (Å²) in [4.78, 5) is 22.0. The third-order valence-corrected chi connectivity index (χ3v) is 5.28. The number of carbonyl (C=O) groups excluding carboxylic acids is 1. The van der Waals surface area contributed by atoms with Crippen molar-refractivity contribution in [2.75, 3.05) is 5.75 Å². The highest BCUT2D eigenvalue weighted by molar-refractivity contribution is 8.00. The zero-order valence-corrected chi connectivity index (χ0v) is 13.6. The van der Waals surface area contributed by atoms with Crippen LogP contribution in [0.4, 0.5) is 0 Å². The van der Waals surface area contributed by atoms with Gasteiger partial charge in [-0.1, -0.05) is 24.3 Å². The molecule has 1 saturated heterocycles. The van der Waals surface area contributed by atoms with Gasteiger partial charge in [0.2, 0.25) is 5.91 Å². The van der Waals surface area contributed by atoms with Crippen molar-refractivity contribution in [3.05, 3.63) is 65.5 Å². The van der Waals surface area contributed by atoms with E-state index in [1.165, 1.54) is 0 Å². The number of H-pyrrole nitrogens is 1. The van der Waals surface area contributed by atoms with E-state index < -0.39 is 0 Å². The Morgan fingerprint density at radius 1 is 1.29 bits per heavy atom. The van der Waals surface area contributed by atoms with Gasteiger partial charge in [0.05, 0.1) is 35.0 Å². The molecular formula is C18H14N4OS. The number of nitriles is 1. The first-order chi connectivity index (χ1) is 11.7. The van der Waals surface area contributed by atoms with Crippen LogP contribution in [0.3, 0.4) is 0 Å². The minimum Gasteiger partial charge on any atom is -0.340 e. The number of imidazole rings is 1. The van der Waals surface area contributed by atoms with Crippen LogP contribution in [0.5, 0.6) is 0 Å². The number of benzene rings is 2. The van der Waals surface area contributed by atoms with E-state index in [4.69, 9.17) is 5.26 Å². The summed E-state index contributed by atoms with van der Waals surface area (Å²) < 4.78 is 0. The molecular weight excluding hydrogens is 320 g/mol. The summed E-state index contributed by atoms with van der Waals surface area (Å²) in [6, 6.07) is 17.4. The molecule has 1 atom stereocenters. The Morgan fingerprint density at radius 3 is 3.00 bits per heavy atom. The summed E-state index contributed by atoms with van der Waals surface area (Å²) in [6.45, 7) is 0.433. The molecule has 4 rings (SSSR count). The maximum atomic E-state index is 12.3. The van der Waals surface area contributed by atoms with E-state index in [0.29, 0.717) is 17.9 Å². The van der Waals surface area contributed by atoms with Gasteiger partial charge in [-0.25, -0.2) is 4.98 Å². The number of carbonyl (C=O) groups is 1. The zero-order valence-electron chi connectivity index (χ0n) is 12.8. The largest absolute Gasteiger partial charge is 0.340 e. The average molecular weight is 334 g/mol. The van der Waals surface area contributed by atoms with Crippen molar-refractivity contribution in [2.24, 2.45) is 0 Å². The topological polar surface area (TPSA) is 72.8 Å². The van der Waals surface area contributed by atoms with Gasteiger partial charge in [-0.3, -0.25) is 4.79 Å². The molecule has 0 radical (unpaired) electrons. The number of aromatic amines is 1. The predicted molar refractivity (Wildman–Crippen MR) is 93.0 cm³/mol. The van der Waals surface area contributed by atoms with E-state index in [0.717, 1.165) is 22.4 Å². The van der Waals surface area contributed by atoms with Gasteiger partial charge in [-0.2, -0.15) is 5.26 Å². The van der Waals surface area contributed by atoms with E-state index in [-0.39, 0.29) is 11.3 Å². The Kier molecular flexibility index (Phi) is 3.71. The standard InChI is InChI=1S/C18H14N4OS/c19-9-12-4-3-5-13(8-12)18-22(17(23)11-24-18)10-16-20-14-6-1-2-7-15(14)21-16/h1-8,18H,10-11H2,(H,20,21). The quantitative estimate of drug-likeness (QED) is 0.798. The van der Waals surface area contributed by atoms with Crippen LogP contribution in [0.25, 0.3) is 11.0 Å². The second kappa shape index (κ2) is 6.02. The number of aromatic nitrogens is 2. The molecule has 118 valence electrons. The third kappa shape index (κ3) is 2.63. The number of nitrogens with one attached hydrogen (secondary N) is 1. The lowest BCUT2D eigenvalue weighted by molar-refractivity contribution is -0.128. The van der Waals surface area contributed by atoms with Crippen LogP contribution in [-0.4, -0.2) is 26.5 Å². The Morgan fingerprint density at radius 2 is 2.17 bits per heavy atom. The van der Waals surface area contributed by atoms with Gasteiger partial charge in [0.15, 0.2) is 0 Å². The van der Waals surface area contributed by atoms with Gasteiger partial charge in [0.1, 0.15) is 11.2 Å². The molecule has 5 nitrogen and oxygen atoms in total. The predicted octanol–water partition coefficient (Wildman–Crippen LogP) is 3.21. The number of hydrogen-bond acceptors (Lipinski definition) is 4. The minimum absolute atomic E-state index is 0.0842. The Balaban J connectivity index is 1.64.